The quantitative estimate of drug-likeness (QED) is 0.626. The summed E-state index contributed by atoms with van der Waals surface area (Å²) in [6.07, 6.45) is 5.56. The molecule has 1 N–H and O–H groups in total. The lowest BCUT2D eigenvalue weighted by molar-refractivity contribution is -0.139. The van der Waals surface area contributed by atoms with Crippen LogP contribution < -0.4 is 4.90 Å². The number of allylic oxidation sites excluding steroid dienone is 2. The molecule has 0 unspecified atom stereocenters. The lowest BCUT2D eigenvalue weighted by Gasteiger charge is -2.24. The molecule has 0 atom stereocenters. The molecule has 9 heteroatoms. The Morgan fingerprint density at radius 1 is 0.963 bits per heavy atom. The molecule has 0 bridgehead atoms. The van der Waals surface area contributed by atoms with Gasteiger partial charge in [0, 0.05) is 12.3 Å². The van der Waals surface area contributed by atoms with E-state index in [1.165, 1.54) is 24.4 Å². The van der Waals surface area contributed by atoms with Crippen LogP contribution in [0.25, 0.3) is 0 Å². The van der Waals surface area contributed by atoms with Gasteiger partial charge in [0.15, 0.2) is 0 Å². The first-order valence-electron chi connectivity index (χ1n) is 7.51. The minimum absolute atomic E-state index is 0.154. The third-order valence-corrected chi connectivity index (χ3v) is 3.62. The number of phenolic OH excluding ortho intramolecular Hbond substituents is 1. The predicted molar refractivity (Wildman–Crippen MR) is 91.2 cm³/mol. The molecule has 0 aromatic heterocycles. The van der Waals surface area contributed by atoms with E-state index in [2.05, 4.69) is 9.47 Å². The highest BCUT2D eigenvalue weighted by atomic mass is 19.1. The number of esters is 3. The maximum Gasteiger partial charge on any atom is 0.355 e. The molecular weight excluding hydrogens is 361 g/mol. The minimum atomic E-state index is -1.02. The number of aromatic hydroxyl groups is 1. The molecule has 0 amide bonds. The topological polar surface area (TPSA) is 102 Å². The number of rotatable bonds is 4. The average Bonchev–Trinajstić information content (AvgIpc) is 2.89. The Labute approximate surface area is 153 Å². The van der Waals surface area contributed by atoms with Crippen LogP contribution in [0, 0.1) is 5.82 Å². The monoisotopic (exact) mass is 377 g/mol. The first-order chi connectivity index (χ1) is 12.8. The maximum absolute atomic E-state index is 14.0. The van der Waals surface area contributed by atoms with E-state index in [4.69, 9.17) is 4.74 Å². The third-order valence-electron chi connectivity index (χ3n) is 3.62. The summed E-state index contributed by atoms with van der Waals surface area (Å²) < 4.78 is 27.9. The third kappa shape index (κ3) is 3.81. The van der Waals surface area contributed by atoms with Crippen molar-refractivity contribution in [3.8, 4) is 5.75 Å². The van der Waals surface area contributed by atoms with Gasteiger partial charge in [-0.25, -0.2) is 18.8 Å². The number of phenols is 1. The van der Waals surface area contributed by atoms with Gasteiger partial charge >= 0.3 is 17.9 Å². The van der Waals surface area contributed by atoms with E-state index >= 15 is 0 Å². The highest BCUT2D eigenvalue weighted by Crippen LogP contribution is 2.35. The Bertz CT molecular complexity index is 886. The number of carbonyl (C=O) groups excluding carboxylic acids is 3. The van der Waals surface area contributed by atoms with Gasteiger partial charge in [0.05, 0.1) is 38.2 Å². The number of anilines is 1. The Balaban J connectivity index is 2.76. The van der Waals surface area contributed by atoms with E-state index in [9.17, 15) is 23.9 Å². The zero-order valence-corrected chi connectivity index (χ0v) is 14.7. The second kappa shape index (κ2) is 8.17. The molecule has 1 heterocycles. The second-order valence-electron chi connectivity index (χ2n) is 5.13. The van der Waals surface area contributed by atoms with Gasteiger partial charge in [-0.3, -0.25) is 0 Å². The van der Waals surface area contributed by atoms with Gasteiger partial charge in [0.2, 0.25) is 0 Å². The number of carbonyl (C=O) groups is 3. The standard InChI is InChI=1S/C18H16FNO7/c1-25-16(22)10-6-4-5-7-20(15(10)18(24)27-3)13-8-11(17(23)26-2)12(19)9-14(13)21/h4-9,21H,1-3H3. The van der Waals surface area contributed by atoms with Crippen LogP contribution in [-0.4, -0.2) is 44.3 Å². The summed E-state index contributed by atoms with van der Waals surface area (Å²) in [7, 11) is 3.30. The van der Waals surface area contributed by atoms with Gasteiger partial charge in [-0.15, -0.1) is 0 Å². The fourth-order valence-corrected chi connectivity index (χ4v) is 2.36. The second-order valence-corrected chi connectivity index (χ2v) is 5.13. The molecule has 27 heavy (non-hydrogen) atoms. The van der Waals surface area contributed by atoms with Crippen molar-refractivity contribution < 1.29 is 38.1 Å². The van der Waals surface area contributed by atoms with E-state index < -0.39 is 35.0 Å². The molecule has 1 aromatic carbocycles. The lowest BCUT2D eigenvalue weighted by atomic mass is 10.1. The summed E-state index contributed by atoms with van der Waals surface area (Å²) in [6.45, 7) is 0. The molecule has 0 radical (unpaired) electrons. The van der Waals surface area contributed by atoms with E-state index in [-0.39, 0.29) is 17.0 Å². The van der Waals surface area contributed by atoms with Gasteiger partial charge in [-0.05, 0) is 18.2 Å². The number of hydrogen-bond donors (Lipinski definition) is 1. The molecule has 0 saturated heterocycles. The van der Waals surface area contributed by atoms with Gasteiger partial charge in [-0.1, -0.05) is 6.08 Å². The van der Waals surface area contributed by atoms with Crippen LogP contribution in [0.15, 0.2) is 47.8 Å². The molecule has 8 nitrogen and oxygen atoms in total. The molecule has 1 aromatic rings. The van der Waals surface area contributed by atoms with Crippen LogP contribution in [0.1, 0.15) is 10.4 Å². The van der Waals surface area contributed by atoms with Crippen molar-refractivity contribution in [1.29, 1.82) is 0 Å². The fourth-order valence-electron chi connectivity index (χ4n) is 2.36. The van der Waals surface area contributed by atoms with Crippen LogP contribution in [0.2, 0.25) is 0 Å². The number of benzene rings is 1. The van der Waals surface area contributed by atoms with Crippen molar-refractivity contribution in [2.75, 3.05) is 26.2 Å². The first kappa shape index (κ1) is 19.7. The smallest absolute Gasteiger partial charge is 0.355 e. The molecule has 0 spiro atoms. The normalized spacial score (nSPS) is 13.3. The molecule has 2 rings (SSSR count). The lowest BCUT2D eigenvalue weighted by Crippen LogP contribution is -2.27. The predicted octanol–water partition coefficient (Wildman–Crippen LogP) is 1.81. The van der Waals surface area contributed by atoms with Crippen molar-refractivity contribution in [2.24, 2.45) is 0 Å². The van der Waals surface area contributed by atoms with E-state index in [0.29, 0.717) is 6.07 Å². The molecule has 1 aliphatic heterocycles. The van der Waals surface area contributed by atoms with Crippen molar-refractivity contribution >= 4 is 23.6 Å². The Morgan fingerprint density at radius 3 is 2.19 bits per heavy atom. The molecule has 1 aliphatic rings. The van der Waals surface area contributed by atoms with Crippen LogP contribution in [0.5, 0.6) is 5.75 Å². The highest BCUT2D eigenvalue weighted by Gasteiger charge is 2.30. The van der Waals surface area contributed by atoms with Crippen LogP contribution >= 0.6 is 0 Å². The number of ether oxygens (including phenoxy) is 3. The average molecular weight is 377 g/mol. The Kier molecular flexibility index (Phi) is 5.96. The number of nitrogens with zero attached hydrogens (tertiary/aromatic N) is 1. The SMILES string of the molecule is COC(=O)C1=C(C(=O)OC)N(c2cc(C(=O)OC)c(F)cc2O)C=CC=C1. The maximum atomic E-state index is 14.0. The Morgan fingerprint density at radius 2 is 1.59 bits per heavy atom. The summed E-state index contributed by atoms with van der Waals surface area (Å²) in [6, 6.07) is 1.68. The summed E-state index contributed by atoms with van der Waals surface area (Å²) in [5.41, 5.74) is -1.09. The molecule has 142 valence electrons. The highest BCUT2D eigenvalue weighted by molar-refractivity contribution is 6.06. The zero-order valence-electron chi connectivity index (χ0n) is 14.7. The van der Waals surface area contributed by atoms with Gasteiger partial charge in [0.1, 0.15) is 17.3 Å². The van der Waals surface area contributed by atoms with Crippen LogP contribution in [0.4, 0.5) is 10.1 Å². The minimum Gasteiger partial charge on any atom is -0.506 e. The fraction of sp³-hybridized carbons (Fsp3) is 0.167. The van der Waals surface area contributed by atoms with Gasteiger partial charge in [0.25, 0.3) is 0 Å². The summed E-state index contributed by atoms with van der Waals surface area (Å²) in [5.74, 6) is -4.35. The number of halogens is 1. The van der Waals surface area contributed by atoms with Crippen molar-refractivity contribution in [3.63, 3.8) is 0 Å². The van der Waals surface area contributed by atoms with Crippen molar-refractivity contribution in [1.82, 2.24) is 0 Å². The number of hydrogen-bond acceptors (Lipinski definition) is 8. The van der Waals surface area contributed by atoms with E-state index in [0.717, 1.165) is 32.3 Å². The molecule has 0 fully saturated rings. The van der Waals surface area contributed by atoms with E-state index in [1.807, 2.05) is 0 Å². The van der Waals surface area contributed by atoms with Crippen molar-refractivity contribution in [2.45, 2.75) is 0 Å². The summed E-state index contributed by atoms with van der Waals surface area (Å²) in [4.78, 5) is 37.3. The summed E-state index contributed by atoms with van der Waals surface area (Å²) >= 11 is 0. The first-order valence-corrected chi connectivity index (χ1v) is 7.51. The van der Waals surface area contributed by atoms with E-state index in [1.54, 1.807) is 0 Å². The van der Waals surface area contributed by atoms with Crippen molar-refractivity contribution in [3.05, 3.63) is 59.2 Å². The molecule has 0 saturated carbocycles. The molecule has 0 aliphatic carbocycles. The number of methoxy groups -OCH3 is 3. The zero-order chi connectivity index (χ0) is 20.1. The van der Waals surface area contributed by atoms with Crippen LogP contribution in [-0.2, 0) is 23.8 Å². The molecular formula is C18H16FNO7. The van der Waals surface area contributed by atoms with Gasteiger partial charge < -0.3 is 24.2 Å². The summed E-state index contributed by atoms with van der Waals surface area (Å²) in [5, 5.41) is 10.2. The largest absolute Gasteiger partial charge is 0.506 e. The van der Waals surface area contributed by atoms with Crippen LogP contribution in [0.3, 0.4) is 0 Å². The Hall–Kier alpha value is -3.62. The van der Waals surface area contributed by atoms with Gasteiger partial charge in [-0.2, -0.15) is 0 Å².